The molecule has 9 heteroatoms. The van der Waals surface area contributed by atoms with Gasteiger partial charge in [0, 0.05) is 30.4 Å². The van der Waals surface area contributed by atoms with Gasteiger partial charge in [-0.2, -0.15) is 0 Å². The fraction of sp³-hybridized carbons (Fsp3) is 0.250. The maximum absolute atomic E-state index is 13.8. The first kappa shape index (κ1) is 19.8. The Kier molecular flexibility index (Phi) is 5.08. The summed E-state index contributed by atoms with van der Waals surface area (Å²) in [7, 11) is -4.13. The van der Waals surface area contributed by atoms with Gasteiger partial charge in [-0.1, -0.05) is 11.6 Å². The number of fused-ring (bicyclic) bond motifs is 1. The van der Waals surface area contributed by atoms with E-state index in [2.05, 4.69) is 0 Å². The Bertz CT molecular complexity index is 1110. The van der Waals surface area contributed by atoms with Crippen LogP contribution in [0.15, 0.2) is 52.4 Å². The molecule has 1 amide bonds. The van der Waals surface area contributed by atoms with Crippen LogP contribution in [0.4, 0.5) is 20.2 Å². The number of halogens is 3. The van der Waals surface area contributed by atoms with Crippen molar-refractivity contribution in [3.63, 3.8) is 0 Å². The van der Waals surface area contributed by atoms with Gasteiger partial charge in [0.15, 0.2) is 4.91 Å². The van der Waals surface area contributed by atoms with Crippen LogP contribution >= 0.6 is 11.6 Å². The molecule has 0 radical (unpaired) electrons. The smallest absolute Gasteiger partial charge is 0.267 e. The quantitative estimate of drug-likeness (QED) is 0.697. The largest absolute Gasteiger partial charge is 0.338 e. The summed E-state index contributed by atoms with van der Waals surface area (Å²) in [5.41, 5.74) is 0.169. The Morgan fingerprint density at radius 1 is 0.966 bits per heavy atom. The van der Waals surface area contributed by atoms with Crippen molar-refractivity contribution in [1.82, 2.24) is 4.90 Å². The molecule has 2 aromatic carbocycles. The zero-order chi connectivity index (χ0) is 20.8. The molecule has 0 aromatic heterocycles. The predicted molar refractivity (Wildman–Crippen MR) is 106 cm³/mol. The van der Waals surface area contributed by atoms with Crippen molar-refractivity contribution in [1.29, 1.82) is 0 Å². The zero-order valence-corrected chi connectivity index (χ0v) is 16.8. The summed E-state index contributed by atoms with van der Waals surface area (Å²) in [4.78, 5) is 15.2. The lowest BCUT2D eigenvalue weighted by Crippen LogP contribution is -2.39. The van der Waals surface area contributed by atoms with Crippen molar-refractivity contribution in [2.24, 2.45) is 0 Å². The van der Waals surface area contributed by atoms with E-state index in [1.54, 1.807) is 0 Å². The molecule has 1 fully saturated rings. The molecule has 2 aliphatic rings. The van der Waals surface area contributed by atoms with Gasteiger partial charge in [-0.15, -0.1) is 0 Å². The minimum atomic E-state index is -4.13. The summed E-state index contributed by atoms with van der Waals surface area (Å²) < 4.78 is 54.0. The van der Waals surface area contributed by atoms with Crippen LogP contribution in [0.5, 0.6) is 0 Å². The van der Waals surface area contributed by atoms with Crippen molar-refractivity contribution >= 4 is 38.7 Å². The molecule has 2 aliphatic heterocycles. The molecular weight excluding hydrogens is 422 g/mol. The first-order valence-electron chi connectivity index (χ1n) is 9.08. The number of likely N-dealkylation sites (tertiary alicyclic amines) is 1. The fourth-order valence-corrected chi connectivity index (χ4v) is 5.28. The molecule has 0 spiro atoms. The molecule has 0 N–H and O–H groups in total. The van der Waals surface area contributed by atoms with E-state index in [1.807, 2.05) is 0 Å². The van der Waals surface area contributed by atoms with E-state index >= 15 is 0 Å². The van der Waals surface area contributed by atoms with E-state index in [-0.39, 0.29) is 21.3 Å². The van der Waals surface area contributed by atoms with Crippen LogP contribution in [0, 0.1) is 11.6 Å². The number of carbonyl (C=O) groups is 1. The summed E-state index contributed by atoms with van der Waals surface area (Å²) >= 11 is 6.04. The molecule has 0 unspecified atom stereocenters. The standard InChI is InChI=1S/C20H17ClF2N2O3S/c21-13-4-5-18-17(8-13)25(16-10-14(22)9-15(23)11-16)12-19(29(18,27)28)20(26)24-6-2-1-3-7-24/h4-5,8-12H,1-3,6-7H2. The number of piperidine rings is 1. The Balaban J connectivity index is 1.90. The molecule has 5 nitrogen and oxygen atoms in total. The second-order valence-electron chi connectivity index (χ2n) is 6.96. The normalized spacial score (nSPS) is 18.2. The van der Waals surface area contributed by atoms with Crippen LogP contribution in [0.1, 0.15) is 19.3 Å². The topological polar surface area (TPSA) is 57.7 Å². The van der Waals surface area contributed by atoms with Crippen molar-refractivity contribution in [2.75, 3.05) is 18.0 Å². The van der Waals surface area contributed by atoms with E-state index in [0.717, 1.165) is 37.6 Å². The van der Waals surface area contributed by atoms with Crippen LogP contribution < -0.4 is 4.90 Å². The predicted octanol–water partition coefficient (Wildman–Crippen LogP) is 4.40. The Labute approximate surface area is 172 Å². The van der Waals surface area contributed by atoms with Crippen molar-refractivity contribution in [2.45, 2.75) is 24.2 Å². The highest BCUT2D eigenvalue weighted by Crippen LogP contribution is 2.41. The average Bonchev–Trinajstić information content (AvgIpc) is 2.67. The summed E-state index contributed by atoms with van der Waals surface area (Å²) in [6.45, 7) is 0.932. The third kappa shape index (κ3) is 3.62. The summed E-state index contributed by atoms with van der Waals surface area (Å²) in [6.07, 6.45) is 3.69. The lowest BCUT2D eigenvalue weighted by molar-refractivity contribution is -0.127. The lowest BCUT2D eigenvalue weighted by Gasteiger charge is -2.32. The van der Waals surface area contributed by atoms with Gasteiger partial charge in [-0.3, -0.25) is 4.79 Å². The molecular formula is C20H17ClF2N2O3S. The highest BCUT2D eigenvalue weighted by molar-refractivity contribution is 7.96. The Morgan fingerprint density at radius 3 is 2.28 bits per heavy atom. The maximum atomic E-state index is 13.8. The minimum absolute atomic E-state index is 0.0462. The number of amides is 1. The van der Waals surface area contributed by atoms with Crippen LogP contribution in [-0.4, -0.2) is 32.3 Å². The van der Waals surface area contributed by atoms with Gasteiger partial charge in [0.05, 0.1) is 16.3 Å². The van der Waals surface area contributed by atoms with Crippen LogP contribution in [-0.2, 0) is 14.6 Å². The molecule has 0 bridgehead atoms. The first-order chi connectivity index (χ1) is 13.8. The number of sulfone groups is 1. The van der Waals surface area contributed by atoms with E-state index in [9.17, 15) is 22.0 Å². The molecule has 2 aromatic rings. The van der Waals surface area contributed by atoms with E-state index in [4.69, 9.17) is 11.6 Å². The van der Waals surface area contributed by atoms with Gasteiger partial charge in [-0.25, -0.2) is 17.2 Å². The van der Waals surface area contributed by atoms with Gasteiger partial charge < -0.3 is 9.80 Å². The number of benzene rings is 2. The molecule has 0 atom stereocenters. The third-order valence-electron chi connectivity index (χ3n) is 4.99. The summed E-state index contributed by atoms with van der Waals surface area (Å²) in [5.74, 6) is -2.27. The van der Waals surface area contributed by atoms with Gasteiger partial charge in [-0.05, 0) is 49.6 Å². The number of anilines is 2. The van der Waals surface area contributed by atoms with Gasteiger partial charge >= 0.3 is 0 Å². The van der Waals surface area contributed by atoms with E-state index in [0.29, 0.717) is 19.2 Å². The Hall–Kier alpha value is -2.45. The van der Waals surface area contributed by atoms with Crippen LogP contribution in [0.3, 0.4) is 0 Å². The number of nitrogens with zero attached hydrogens (tertiary/aromatic N) is 2. The van der Waals surface area contributed by atoms with Crippen LogP contribution in [0.25, 0.3) is 0 Å². The minimum Gasteiger partial charge on any atom is -0.338 e. The molecule has 1 saturated heterocycles. The van der Waals surface area contributed by atoms with Gasteiger partial charge in [0.25, 0.3) is 5.91 Å². The first-order valence-corrected chi connectivity index (χ1v) is 10.9. The van der Waals surface area contributed by atoms with E-state index < -0.39 is 32.3 Å². The lowest BCUT2D eigenvalue weighted by atomic mass is 10.1. The number of carbonyl (C=O) groups excluding carboxylic acids is 1. The average molecular weight is 439 g/mol. The fourth-order valence-electron chi connectivity index (χ4n) is 3.60. The second kappa shape index (κ2) is 7.42. The zero-order valence-electron chi connectivity index (χ0n) is 15.2. The maximum Gasteiger partial charge on any atom is 0.267 e. The van der Waals surface area contributed by atoms with Gasteiger partial charge in [0.1, 0.15) is 11.6 Å². The highest BCUT2D eigenvalue weighted by atomic mass is 35.5. The molecule has 0 saturated carbocycles. The van der Waals surface area contributed by atoms with Gasteiger partial charge in [0.2, 0.25) is 9.84 Å². The summed E-state index contributed by atoms with van der Waals surface area (Å²) in [5, 5.41) is 0.250. The van der Waals surface area contributed by atoms with Crippen molar-refractivity contribution in [3.8, 4) is 0 Å². The van der Waals surface area contributed by atoms with Crippen molar-refractivity contribution in [3.05, 3.63) is 64.2 Å². The number of hydrogen-bond donors (Lipinski definition) is 0. The molecule has 29 heavy (non-hydrogen) atoms. The SMILES string of the molecule is O=C(C1=CN(c2cc(F)cc(F)c2)c2cc(Cl)ccc2S1(=O)=O)N1CCCCC1. The van der Waals surface area contributed by atoms with Crippen molar-refractivity contribution < 1.29 is 22.0 Å². The number of hydrogen-bond acceptors (Lipinski definition) is 4. The molecule has 2 heterocycles. The highest BCUT2D eigenvalue weighted by Gasteiger charge is 2.38. The second-order valence-corrected chi connectivity index (χ2v) is 9.28. The summed E-state index contributed by atoms with van der Waals surface area (Å²) in [6, 6.07) is 6.92. The monoisotopic (exact) mass is 438 g/mol. The molecule has 152 valence electrons. The number of rotatable bonds is 2. The third-order valence-corrected chi connectivity index (χ3v) is 7.00. The molecule has 0 aliphatic carbocycles. The molecule has 4 rings (SSSR count). The van der Waals surface area contributed by atoms with E-state index in [1.165, 1.54) is 28.0 Å². The Morgan fingerprint density at radius 2 is 1.62 bits per heavy atom. The van der Waals surface area contributed by atoms with Crippen LogP contribution in [0.2, 0.25) is 5.02 Å².